The standard InChI is InChI=1S/C16H32N2O3/c1-13(2)8-6-4-5-7-11-17-16(21)18-12-14(3)9-10-15(19)20/h13-14H,4-12H2,1-3H3,(H,19,20)(H2,17,18,21). The number of rotatable bonds is 12. The molecule has 124 valence electrons. The van der Waals surface area contributed by atoms with Crippen LogP contribution in [-0.4, -0.2) is 30.2 Å². The predicted molar refractivity (Wildman–Crippen MR) is 85.4 cm³/mol. The minimum atomic E-state index is -0.788. The molecule has 0 fully saturated rings. The van der Waals surface area contributed by atoms with E-state index >= 15 is 0 Å². The normalized spacial score (nSPS) is 12.2. The van der Waals surface area contributed by atoms with Gasteiger partial charge in [0.15, 0.2) is 0 Å². The first-order valence-electron chi connectivity index (χ1n) is 8.15. The van der Waals surface area contributed by atoms with Crippen LogP contribution in [0, 0.1) is 11.8 Å². The van der Waals surface area contributed by atoms with Crippen molar-refractivity contribution >= 4 is 12.0 Å². The molecule has 3 N–H and O–H groups in total. The lowest BCUT2D eigenvalue weighted by molar-refractivity contribution is -0.137. The summed E-state index contributed by atoms with van der Waals surface area (Å²) >= 11 is 0. The first-order chi connectivity index (χ1) is 9.91. The molecule has 0 aliphatic carbocycles. The molecule has 21 heavy (non-hydrogen) atoms. The number of carboxylic acid groups (broad SMARTS) is 1. The number of hydrogen-bond donors (Lipinski definition) is 3. The molecule has 0 spiro atoms. The van der Waals surface area contributed by atoms with Gasteiger partial charge in [0.05, 0.1) is 0 Å². The van der Waals surface area contributed by atoms with Crippen molar-refractivity contribution in [3.8, 4) is 0 Å². The second-order valence-electron chi connectivity index (χ2n) is 6.27. The summed E-state index contributed by atoms with van der Waals surface area (Å²) in [6, 6.07) is -0.153. The molecule has 0 aromatic carbocycles. The van der Waals surface area contributed by atoms with Crippen LogP contribution in [0.1, 0.15) is 65.7 Å². The van der Waals surface area contributed by atoms with Crippen molar-refractivity contribution < 1.29 is 14.7 Å². The van der Waals surface area contributed by atoms with Gasteiger partial charge in [-0.1, -0.05) is 46.5 Å². The largest absolute Gasteiger partial charge is 0.481 e. The van der Waals surface area contributed by atoms with E-state index in [2.05, 4.69) is 24.5 Å². The Balaban J connectivity index is 3.40. The molecule has 0 aromatic rings. The van der Waals surface area contributed by atoms with Crippen molar-refractivity contribution in [1.82, 2.24) is 10.6 Å². The van der Waals surface area contributed by atoms with E-state index < -0.39 is 5.97 Å². The maximum Gasteiger partial charge on any atom is 0.314 e. The second kappa shape index (κ2) is 12.5. The molecule has 0 bridgehead atoms. The van der Waals surface area contributed by atoms with Crippen LogP contribution in [0.3, 0.4) is 0 Å². The van der Waals surface area contributed by atoms with Crippen LogP contribution >= 0.6 is 0 Å². The van der Waals surface area contributed by atoms with Gasteiger partial charge in [0.1, 0.15) is 0 Å². The van der Waals surface area contributed by atoms with Gasteiger partial charge in [0.2, 0.25) is 0 Å². The fourth-order valence-electron chi connectivity index (χ4n) is 2.03. The average Bonchev–Trinajstić information content (AvgIpc) is 2.41. The fourth-order valence-corrected chi connectivity index (χ4v) is 2.03. The van der Waals surface area contributed by atoms with E-state index in [4.69, 9.17) is 5.11 Å². The van der Waals surface area contributed by atoms with Crippen molar-refractivity contribution in [2.75, 3.05) is 13.1 Å². The highest BCUT2D eigenvalue weighted by Crippen LogP contribution is 2.09. The van der Waals surface area contributed by atoms with Crippen molar-refractivity contribution in [2.24, 2.45) is 11.8 Å². The molecule has 2 amide bonds. The van der Waals surface area contributed by atoms with Crippen molar-refractivity contribution in [3.63, 3.8) is 0 Å². The number of amides is 2. The predicted octanol–water partition coefficient (Wildman–Crippen LogP) is 3.39. The van der Waals surface area contributed by atoms with Crippen LogP contribution in [0.25, 0.3) is 0 Å². The average molecular weight is 300 g/mol. The Bertz CT molecular complexity index is 293. The lowest BCUT2D eigenvalue weighted by atomic mass is 10.0. The molecular weight excluding hydrogens is 268 g/mol. The molecule has 1 unspecified atom stereocenters. The van der Waals surface area contributed by atoms with E-state index in [1.807, 2.05) is 6.92 Å². The molecule has 0 radical (unpaired) electrons. The maximum atomic E-state index is 11.5. The highest BCUT2D eigenvalue weighted by molar-refractivity contribution is 5.73. The van der Waals surface area contributed by atoms with Gasteiger partial charge in [-0.3, -0.25) is 4.79 Å². The van der Waals surface area contributed by atoms with Crippen molar-refractivity contribution in [3.05, 3.63) is 0 Å². The number of carboxylic acids is 1. The monoisotopic (exact) mass is 300 g/mol. The third kappa shape index (κ3) is 15.0. The van der Waals surface area contributed by atoms with Crippen LogP contribution in [0.15, 0.2) is 0 Å². The molecule has 0 heterocycles. The Labute approximate surface area is 128 Å². The molecular formula is C16H32N2O3. The van der Waals surface area contributed by atoms with E-state index in [-0.39, 0.29) is 18.4 Å². The van der Waals surface area contributed by atoms with Crippen LogP contribution in [0.5, 0.6) is 0 Å². The van der Waals surface area contributed by atoms with E-state index in [9.17, 15) is 9.59 Å². The van der Waals surface area contributed by atoms with Crippen molar-refractivity contribution in [2.45, 2.75) is 65.7 Å². The Kier molecular flexibility index (Phi) is 11.7. The van der Waals surface area contributed by atoms with Gasteiger partial charge in [-0.25, -0.2) is 4.79 Å². The van der Waals surface area contributed by atoms with Gasteiger partial charge in [0.25, 0.3) is 0 Å². The molecule has 0 rings (SSSR count). The smallest absolute Gasteiger partial charge is 0.314 e. The Morgan fingerprint density at radius 3 is 2.24 bits per heavy atom. The summed E-state index contributed by atoms with van der Waals surface area (Å²) in [5.74, 6) is 0.170. The summed E-state index contributed by atoms with van der Waals surface area (Å²) < 4.78 is 0. The van der Waals surface area contributed by atoms with Gasteiger partial charge in [-0.05, 0) is 24.7 Å². The van der Waals surface area contributed by atoms with Crippen LogP contribution in [0.4, 0.5) is 4.79 Å². The molecule has 1 atom stereocenters. The van der Waals surface area contributed by atoms with Gasteiger partial charge >= 0.3 is 12.0 Å². The topological polar surface area (TPSA) is 78.4 Å². The number of nitrogens with one attached hydrogen (secondary N) is 2. The van der Waals surface area contributed by atoms with Crippen LogP contribution in [0.2, 0.25) is 0 Å². The third-order valence-electron chi connectivity index (χ3n) is 3.46. The Morgan fingerprint density at radius 1 is 0.952 bits per heavy atom. The van der Waals surface area contributed by atoms with Crippen molar-refractivity contribution in [1.29, 1.82) is 0 Å². The van der Waals surface area contributed by atoms with E-state index in [0.29, 0.717) is 19.5 Å². The van der Waals surface area contributed by atoms with Gasteiger partial charge < -0.3 is 15.7 Å². The molecule has 0 aliphatic heterocycles. The number of unbranched alkanes of at least 4 members (excludes halogenated alkanes) is 3. The zero-order valence-corrected chi connectivity index (χ0v) is 13.8. The summed E-state index contributed by atoms with van der Waals surface area (Å²) in [5, 5.41) is 14.2. The van der Waals surface area contributed by atoms with Gasteiger partial charge in [-0.15, -0.1) is 0 Å². The first kappa shape index (κ1) is 19.7. The van der Waals surface area contributed by atoms with E-state index in [0.717, 1.165) is 18.8 Å². The van der Waals surface area contributed by atoms with E-state index in [1.54, 1.807) is 0 Å². The quantitative estimate of drug-likeness (QED) is 0.483. The number of carbonyl (C=O) groups is 2. The SMILES string of the molecule is CC(C)CCCCCCNC(=O)NCC(C)CCC(=O)O. The number of carbonyl (C=O) groups excluding carboxylic acids is 1. The van der Waals surface area contributed by atoms with Gasteiger partial charge in [0, 0.05) is 19.5 Å². The third-order valence-corrected chi connectivity index (χ3v) is 3.46. The summed E-state index contributed by atoms with van der Waals surface area (Å²) in [7, 11) is 0. The number of hydrogen-bond acceptors (Lipinski definition) is 2. The lowest BCUT2D eigenvalue weighted by Gasteiger charge is -2.12. The zero-order chi connectivity index (χ0) is 16.1. The van der Waals surface area contributed by atoms with Crippen LogP contribution < -0.4 is 10.6 Å². The minimum Gasteiger partial charge on any atom is -0.481 e. The van der Waals surface area contributed by atoms with Crippen LogP contribution in [-0.2, 0) is 4.79 Å². The number of aliphatic carboxylic acids is 1. The molecule has 0 aliphatic rings. The molecule has 0 saturated heterocycles. The highest BCUT2D eigenvalue weighted by Gasteiger charge is 2.07. The summed E-state index contributed by atoms with van der Waals surface area (Å²) in [6.45, 7) is 7.65. The highest BCUT2D eigenvalue weighted by atomic mass is 16.4. The number of urea groups is 1. The van der Waals surface area contributed by atoms with E-state index in [1.165, 1.54) is 19.3 Å². The first-order valence-corrected chi connectivity index (χ1v) is 8.15. The summed E-state index contributed by atoms with van der Waals surface area (Å²) in [4.78, 5) is 22.0. The summed E-state index contributed by atoms with van der Waals surface area (Å²) in [6.07, 6.45) is 6.69. The maximum absolute atomic E-state index is 11.5. The second-order valence-corrected chi connectivity index (χ2v) is 6.27. The minimum absolute atomic E-state index is 0.153. The molecule has 0 aromatic heterocycles. The zero-order valence-electron chi connectivity index (χ0n) is 13.8. The molecule has 5 nitrogen and oxygen atoms in total. The molecule has 0 saturated carbocycles. The Hall–Kier alpha value is -1.26. The summed E-state index contributed by atoms with van der Waals surface area (Å²) in [5.41, 5.74) is 0. The van der Waals surface area contributed by atoms with Gasteiger partial charge in [-0.2, -0.15) is 0 Å². The fraction of sp³-hybridized carbons (Fsp3) is 0.875. The Morgan fingerprint density at radius 2 is 1.62 bits per heavy atom. The lowest BCUT2D eigenvalue weighted by Crippen LogP contribution is -2.38. The molecule has 5 heteroatoms.